The molecule has 0 radical (unpaired) electrons. The second-order valence-corrected chi connectivity index (χ2v) is 5.40. The molecule has 1 aliphatic heterocycles. The molecule has 1 amide bonds. The van der Waals surface area contributed by atoms with Gasteiger partial charge in [-0.05, 0) is 43.5 Å². The molecule has 0 aliphatic carbocycles. The topological polar surface area (TPSA) is 91.8 Å². The van der Waals surface area contributed by atoms with Crippen LogP contribution in [0.1, 0.15) is 25.3 Å². The van der Waals surface area contributed by atoms with Gasteiger partial charge in [0.15, 0.2) is 0 Å². The third-order valence-electron chi connectivity index (χ3n) is 3.59. The van der Waals surface area contributed by atoms with Crippen LogP contribution in [0.3, 0.4) is 0 Å². The number of carboxylic acid groups (broad SMARTS) is 1. The van der Waals surface area contributed by atoms with Crippen molar-refractivity contribution < 1.29 is 23.8 Å². The Morgan fingerprint density at radius 1 is 1.54 bits per heavy atom. The number of anilines is 1. The minimum atomic E-state index is -1.00. The molecule has 1 aromatic heterocycles. The van der Waals surface area contributed by atoms with E-state index in [1.165, 1.54) is 11.1 Å². The molecule has 0 bridgehead atoms. The predicted molar refractivity (Wildman–Crippen MR) is 86.2 cm³/mol. The standard InChI is InChI=1S/C16H20FN3O4/c1-2-24-15(21)13(17)8-11-5-6-14(18-9-11)19-12-4-3-7-20(10-12)16(22)23/h5-6,8-9,12H,2-4,7,10H2,1H3,(H,18,19)(H,22,23)/t12-/m1/s1. The van der Waals surface area contributed by atoms with Gasteiger partial charge in [0.1, 0.15) is 5.82 Å². The van der Waals surface area contributed by atoms with Gasteiger partial charge in [-0.15, -0.1) is 0 Å². The van der Waals surface area contributed by atoms with Crippen LogP contribution < -0.4 is 5.32 Å². The van der Waals surface area contributed by atoms with Crippen LogP contribution in [0.25, 0.3) is 6.08 Å². The lowest BCUT2D eigenvalue weighted by molar-refractivity contribution is -0.140. The van der Waals surface area contributed by atoms with Crippen molar-refractivity contribution in [3.05, 3.63) is 29.7 Å². The van der Waals surface area contributed by atoms with E-state index in [1.807, 2.05) is 0 Å². The van der Waals surface area contributed by atoms with Gasteiger partial charge >= 0.3 is 12.1 Å². The lowest BCUT2D eigenvalue weighted by atomic mass is 10.1. The number of esters is 1. The van der Waals surface area contributed by atoms with Gasteiger partial charge in [0, 0.05) is 25.3 Å². The molecule has 2 rings (SSSR count). The summed E-state index contributed by atoms with van der Waals surface area (Å²) in [6, 6.07) is 3.26. The minimum absolute atomic E-state index is 0.0139. The molecule has 0 spiro atoms. The lowest BCUT2D eigenvalue weighted by Gasteiger charge is -2.31. The van der Waals surface area contributed by atoms with Crippen molar-refractivity contribution in [1.29, 1.82) is 0 Å². The van der Waals surface area contributed by atoms with Gasteiger partial charge in [0.25, 0.3) is 0 Å². The van der Waals surface area contributed by atoms with E-state index in [1.54, 1.807) is 19.1 Å². The van der Waals surface area contributed by atoms with Crippen LogP contribution in [0.4, 0.5) is 15.0 Å². The molecule has 0 unspecified atom stereocenters. The van der Waals surface area contributed by atoms with Gasteiger partial charge in [0.05, 0.1) is 6.61 Å². The van der Waals surface area contributed by atoms with E-state index in [4.69, 9.17) is 5.11 Å². The number of nitrogens with zero attached hydrogens (tertiary/aromatic N) is 2. The van der Waals surface area contributed by atoms with Crippen LogP contribution in [0.2, 0.25) is 0 Å². The van der Waals surface area contributed by atoms with Crippen molar-refractivity contribution in [2.75, 3.05) is 25.0 Å². The Morgan fingerprint density at radius 2 is 2.33 bits per heavy atom. The third-order valence-corrected chi connectivity index (χ3v) is 3.59. The van der Waals surface area contributed by atoms with Crippen molar-refractivity contribution in [1.82, 2.24) is 9.88 Å². The summed E-state index contributed by atoms with van der Waals surface area (Å²) >= 11 is 0. The Balaban J connectivity index is 1.96. The van der Waals surface area contributed by atoms with E-state index in [2.05, 4.69) is 15.0 Å². The number of likely N-dealkylation sites (tertiary alicyclic amines) is 1. The molecule has 1 saturated heterocycles. The van der Waals surface area contributed by atoms with Crippen molar-refractivity contribution in [2.45, 2.75) is 25.8 Å². The van der Waals surface area contributed by atoms with E-state index in [0.717, 1.165) is 18.9 Å². The van der Waals surface area contributed by atoms with Gasteiger partial charge in [-0.2, -0.15) is 4.39 Å². The summed E-state index contributed by atoms with van der Waals surface area (Å²) in [5, 5.41) is 12.2. The SMILES string of the molecule is CCOC(=O)C(F)=Cc1ccc(N[C@@H]2CCCN(C(=O)O)C2)nc1. The summed E-state index contributed by atoms with van der Waals surface area (Å²) in [4.78, 5) is 27.7. The summed E-state index contributed by atoms with van der Waals surface area (Å²) in [6.45, 7) is 2.65. The number of hydrogen-bond donors (Lipinski definition) is 2. The summed E-state index contributed by atoms with van der Waals surface area (Å²) in [7, 11) is 0. The maximum absolute atomic E-state index is 13.5. The molecule has 24 heavy (non-hydrogen) atoms. The highest BCUT2D eigenvalue weighted by atomic mass is 19.1. The van der Waals surface area contributed by atoms with Gasteiger partial charge in [-0.25, -0.2) is 14.6 Å². The maximum atomic E-state index is 13.5. The van der Waals surface area contributed by atoms with Crippen LogP contribution in [0.15, 0.2) is 24.2 Å². The molecule has 1 aromatic rings. The van der Waals surface area contributed by atoms with Crippen molar-refractivity contribution in [3.63, 3.8) is 0 Å². The molecule has 0 saturated carbocycles. The number of carbonyl (C=O) groups is 2. The quantitative estimate of drug-likeness (QED) is 0.634. The molecule has 1 atom stereocenters. The molecule has 130 valence electrons. The second-order valence-electron chi connectivity index (χ2n) is 5.40. The molecule has 0 aromatic carbocycles. The molecular weight excluding hydrogens is 317 g/mol. The largest absolute Gasteiger partial charge is 0.465 e. The fourth-order valence-corrected chi connectivity index (χ4v) is 2.46. The third kappa shape index (κ3) is 4.94. The highest BCUT2D eigenvalue weighted by molar-refractivity contribution is 5.91. The van der Waals surface area contributed by atoms with E-state index in [9.17, 15) is 14.0 Å². The van der Waals surface area contributed by atoms with Crippen molar-refractivity contribution in [3.8, 4) is 0 Å². The maximum Gasteiger partial charge on any atom is 0.407 e. The Bertz CT molecular complexity index is 618. The first-order chi connectivity index (χ1) is 11.5. The van der Waals surface area contributed by atoms with Crippen LogP contribution in [0.5, 0.6) is 0 Å². The highest BCUT2D eigenvalue weighted by Gasteiger charge is 2.23. The number of rotatable bonds is 5. The number of piperidine rings is 1. The Hall–Kier alpha value is -2.64. The second kappa shape index (κ2) is 8.28. The number of aromatic nitrogens is 1. The highest BCUT2D eigenvalue weighted by Crippen LogP contribution is 2.16. The Morgan fingerprint density at radius 3 is 2.96 bits per heavy atom. The van der Waals surface area contributed by atoms with Crippen LogP contribution in [-0.2, 0) is 9.53 Å². The zero-order chi connectivity index (χ0) is 17.5. The predicted octanol–water partition coefficient (Wildman–Crippen LogP) is 2.51. The van der Waals surface area contributed by atoms with Crippen molar-refractivity contribution in [2.24, 2.45) is 0 Å². The normalized spacial score (nSPS) is 18.2. The number of hydrogen-bond acceptors (Lipinski definition) is 5. The summed E-state index contributed by atoms with van der Waals surface area (Å²) < 4.78 is 18.1. The van der Waals surface area contributed by atoms with Crippen LogP contribution >= 0.6 is 0 Å². The Kier molecular flexibility index (Phi) is 6.11. The number of amides is 1. The molecule has 1 aliphatic rings. The molecule has 8 heteroatoms. The average Bonchev–Trinajstić information content (AvgIpc) is 2.57. The van der Waals surface area contributed by atoms with Gasteiger partial charge in [-0.1, -0.05) is 0 Å². The smallest absolute Gasteiger partial charge is 0.407 e. The molecular formula is C16H20FN3O4. The molecule has 2 heterocycles. The first-order valence-electron chi connectivity index (χ1n) is 7.74. The zero-order valence-corrected chi connectivity index (χ0v) is 13.4. The fraction of sp³-hybridized carbons (Fsp3) is 0.438. The summed E-state index contributed by atoms with van der Waals surface area (Å²) in [5.74, 6) is -1.42. The monoisotopic (exact) mass is 337 g/mol. The molecule has 1 fully saturated rings. The first-order valence-corrected chi connectivity index (χ1v) is 7.74. The van der Waals surface area contributed by atoms with Crippen molar-refractivity contribution >= 4 is 24.0 Å². The van der Waals surface area contributed by atoms with E-state index >= 15 is 0 Å². The number of carbonyl (C=O) groups excluding carboxylic acids is 1. The summed E-state index contributed by atoms with van der Waals surface area (Å²) in [6.07, 6.45) is 3.20. The van der Waals surface area contributed by atoms with Crippen LogP contribution in [-0.4, -0.2) is 52.8 Å². The Labute approximate surface area is 139 Å². The fourth-order valence-electron chi connectivity index (χ4n) is 2.46. The van der Waals surface area contributed by atoms with Gasteiger partial charge in [0.2, 0.25) is 5.83 Å². The zero-order valence-electron chi connectivity index (χ0n) is 13.4. The summed E-state index contributed by atoms with van der Waals surface area (Å²) in [5.41, 5.74) is 0.432. The van der Waals surface area contributed by atoms with Crippen LogP contribution in [0, 0.1) is 0 Å². The van der Waals surface area contributed by atoms with Gasteiger partial charge in [-0.3, -0.25) is 0 Å². The number of pyridine rings is 1. The van der Waals surface area contributed by atoms with Gasteiger partial charge < -0.3 is 20.1 Å². The molecule has 7 nitrogen and oxygen atoms in total. The van der Waals surface area contributed by atoms with E-state index in [0.29, 0.717) is 24.5 Å². The number of ether oxygens (including phenoxy) is 1. The minimum Gasteiger partial charge on any atom is -0.465 e. The van der Waals surface area contributed by atoms with E-state index in [-0.39, 0.29) is 12.6 Å². The first kappa shape index (κ1) is 17.7. The van der Waals surface area contributed by atoms with E-state index < -0.39 is 17.9 Å². The average molecular weight is 337 g/mol. The number of nitrogens with one attached hydrogen (secondary N) is 1. The number of halogens is 1. The lowest BCUT2D eigenvalue weighted by Crippen LogP contribution is -2.44. The molecule has 2 N–H and O–H groups in total.